The lowest BCUT2D eigenvalue weighted by Crippen LogP contribution is -2.39. The van der Waals surface area contributed by atoms with Gasteiger partial charge in [-0.3, -0.25) is 4.40 Å². The first-order chi connectivity index (χ1) is 8.83. The first-order valence-corrected chi connectivity index (χ1v) is 7.53. The van der Waals surface area contributed by atoms with E-state index in [0.717, 1.165) is 42.4 Å². The Morgan fingerprint density at radius 2 is 2.50 bits per heavy atom. The van der Waals surface area contributed by atoms with Crippen molar-refractivity contribution in [3.8, 4) is 0 Å². The third-order valence-corrected chi connectivity index (χ3v) is 4.49. The van der Waals surface area contributed by atoms with Crippen LogP contribution in [-0.2, 0) is 10.6 Å². The van der Waals surface area contributed by atoms with E-state index in [2.05, 4.69) is 9.30 Å². The van der Waals surface area contributed by atoms with Gasteiger partial charge in [-0.2, -0.15) is 0 Å². The number of methoxy groups -OCH3 is 1. The topological polar surface area (TPSA) is 29.8 Å². The SMILES string of the molecule is COC1CCCN(c2nc3sccn3c2CCl)C1. The zero-order chi connectivity index (χ0) is 12.5. The highest BCUT2D eigenvalue weighted by molar-refractivity contribution is 7.15. The molecule has 0 saturated carbocycles. The van der Waals surface area contributed by atoms with Gasteiger partial charge < -0.3 is 9.64 Å². The number of hydrogen-bond acceptors (Lipinski definition) is 4. The van der Waals surface area contributed by atoms with Crippen LogP contribution in [0.1, 0.15) is 18.5 Å². The lowest BCUT2D eigenvalue weighted by Gasteiger charge is -2.32. The van der Waals surface area contributed by atoms with Gasteiger partial charge in [-0.25, -0.2) is 4.98 Å². The van der Waals surface area contributed by atoms with Gasteiger partial charge >= 0.3 is 0 Å². The van der Waals surface area contributed by atoms with Crippen molar-refractivity contribution in [2.24, 2.45) is 0 Å². The fourth-order valence-corrected chi connectivity index (χ4v) is 3.50. The van der Waals surface area contributed by atoms with E-state index in [1.807, 2.05) is 11.6 Å². The number of anilines is 1. The molecule has 0 N–H and O–H groups in total. The van der Waals surface area contributed by atoms with Gasteiger partial charge in [-0.15, -0.1) is 22.9 Å². The first kappa shape index (κ1) is 12.3. The number of nitrogens with zero attached hydrogens (tertiary/aromatic N) is 3. The molecule has 1 fully saturated rings. The summed E-state index contributed by atoms with van der Waals surface area (Å²) in [6, 6.07) is 0. The predicted molar refractivity (Wildman–Crippen MR) is 74.9 cm³/mol. The lowest BCUT2D eigenvalue weighted by molar-refractivity contribution is 0.0891. The van der Waals surface area contributed by atoms with Gasteiger partial charge in [-0.05, 0) is 12.8 Å². The number of alkyl halides is 1. The van der Waals surface area contributed by atoms with E-state index in [9.17, 15) is 0 Å². The molecule has 4 nitrogen and oxygen atoms in total. The monoisotopic (exact) mass is 285 g/mol. The maximum atomic E-state index is 6.08. The molecule has 6 heteroatoms. The second-order valence-electron chi connectivity index (χ2n) is 4.52. The van der Waals surface area contributed by atoms with Crippen LogP contribution in [0.4, 0.5) is 5.82 Å². The quantitative estimate of drug-likeness (QED) is 0.812. The van der Waals surface area contributed by atoms with Crippen molar-refractivity contribution in [2.45, 2.75) is 24.8 Å². The highest BCUT2D eigenvalue weighted by Crippen LogP contribution is 2.28. The van der Waals surface area contributed by atoms with Crippen molar-refractivity contribution in [2.75, 3.05) is 25.1 Å². The van der Waals surface area contributed by atoms with E-state index >= 15 is 0 Å². The van der Waals surface area contributed by atoms with Crippen molar-refractivity contribution < 1.29 is 4.74 Å². The van der Waals surface area contributed by atoms with Gasteiger partial charge in [0.05, 0.1) is 17.7 Å². The normalized spacial score (nSPS) is 20.8. The summed E-state index contributed by atoms with van der Waals surface area (Å²) in [6.07, 6.45) is 4.62. The summed E-state index contributed by atoms with van der Waals surface area (Å²) in [5.74, 6) is 1.51. The van der Waals surface area contributed by atoms with Gasteiger partial charge in [0.15, 0.2) is 10.8 Å². The van der Waals surface area contributed by atoms with Crippen LogP contribution >= 0.6 is 22.9 Å². The average molecular weight is 286 g/mol. The Morgan fingerprint density at radius 1 is 1.61 bits per heavy atom. The molecule has 0 spiro atoms. The Hall–Kier alpha value is -0.780. The van der Waals surface area contributed by atoms with Crippen LogP contribution in [-0.4, -0.2) is 35.7 Å². The highest BCUT2D eigenvalue weighted by Gasteiger charge is 2.24. The Labute approximate surface area is 115 Å². The minimum absolute atomic E-state index is 0.307. The standard InChI is InChI=1S/C12H16ClN3OS/c1-17-9-3-2-4-15(8-9)11-10(7-13)16-5-6-18-12(16)14-11/h5-6,9H,2-4,7-8H2,1H3. The number of thiazole rings is 1. The second-order valence-corrected chi connectivity index (χ2v) is 5.66. The largest absolute Gasteiger partial charge is 0.380 e. The smallest absolute Gasteiger partial charge is 0.195 e. The number of aromatic nitrogens is 2. The summed E-state index contributed by atoms with van der Waals surface area (Å²) in [5, 5.41) is 2.04. The molecule has 0 amide bonds. The van der Waals surface area contributed by atoms with Gasteiger partial charge in [-0.1, -0.05) is 0 Å². The van der Waals surface area contributed by atoms with E-state index in [1.165, 1.54) is 0 Å². The number of rotatable bonds is 3. The minimum atomic E-state index is 0.307. The summed E-state index contributed by atoms with van der Waals surface area (Å²) in [5.41, 5.74) is 1.09. The van der Waals surface area contributed by atoms with Gasteiger partial charge in [0.2, 0.25) is 0 Å². The van der Waals surface area contributed by atoms with Crippen molar-refractivity contribution >= 4 is 33.7 Å². The van der Waals surface area contributed by atoms with Crippen molar-refractivity contribution in [3.63, 3.8) is 0 Å². The summed E-state index contributed by atoms with van der Waals surface area (Å²) in [4.78, 5) is 8.02. The van der Waals surface area contributed by atoms with Crippen molar-refractivity contribution in [3.05, 3.63) is 17.3 Å². The first-order valence-electron chi connectivity index (χ1n) is 6.11. The molecule has 1 atom stereocenters. The molecule has 3 rings (SSSR count). The molecular formula is C12H16ClN3OS. The molecule has 0 radical (unpaired) electrons. The molecule has 2 aromatic rings. The number of fused-ring (bicyclic) bond motifs is 1. The molecule has 0 bridgehead atoms. The third-order valence-electron chi connectivity index (χ3n) is 3.48. The molecule has 2 aromatic heterocycles. The minimum Gasteiger partial charge on any atom is -0.380 e. The van der Waals surface area contributed by atoms with Gasteiger partial charge in [0.1, 0.15) is 0 Å². The van der Waals surface area contributed by atoms with E-state index in [0.29, 0.717) is 12.0 Å². The maximum absolute atomic E-state index is 6.08. The van der Waals surface area contributed by atoms with Crippen LogP contribution in [0.3, 0.4) is 0 Å². The summed E-state index contributed by atoms with van der Waals surface area (Å²) in [6.45, 7) is 1.94. The molecule has 98 valence electrons. The van der Waals surface area contributed by atoms with E-state index in [1.54, 1.807) is 18.4 Å². The summed E-state index contributed by atoms with van der Waals surface area (Å²) in [7, 11) is 1.78. The van der Waals surface area contributed by atoms with Crippen LogP contribution in [0.15, 0.2) is 11.6 Å². The van der Waals surface area contributed by atoms with E-state index in [-0.39, 0.29) is 0 Å². The molecule has 0 aliphatic carbocycles. The third kappa shape index (κ3) is 2.00. The predicted octanol–water partition coefficient (Wildman–Crippen LogP) is 2.75. The lowest BCUT2D eigenvalue weighted by atomic mass is 10.1. The van der Waals surface area contributed by atoms with Crippen LogP contribution < -0.4 is 4.90 Å². The zero-order valence-electron chi connectivity index (χ0n) is 10.3. The number of halogens is 1. The molecule has 1 aliphatic heterocycles. The molecule has 1 aliphatic rings. The molecule has 18 heavy (non-hydrogen) atoms. The number of hydrogen-bond donors (Lipinski definition) is 0. The summed E-state index contributed by atoms with van der Waals surface area (Å²) < 4.78 is 7.55. The molecule has 1 saturated heterocycles. The van der Waals surface area contributed by atoms with Crippen molar-refractivity contribution in [1.29, 1.82) is 0 Å². The van der Waals surface area contributed by atoms with Crippen LogP contribution in [0.25, 0.3) is 4.96 Å². The van der Waals surface area contributed by atoms with Crippen LogP contribution in [0, 0.1) is 0 Å². The molecule has 1 unspecified atom stereocenters. The van der Waals surface area contributed by atoms with Crippen molar-refractivity contribution in [1.82, 2.24) is 9.38 Å². The summed E-state index contributed by atoms with van der Waals surface area (Å²) >= 11 is 7.73. The van der Waals surface area contributed by atoms with Gasteiger partial charge in [0, 0.05) is 31.8 Å². The molecular weight excluding hydrogens is 270 g/mol. The van der Waals surface area contributed by atoms with E-state index < -0.39 is 0 Å². The Bertz CT molecular complexity index is 538. The average Bonchev–Trinajstić information content (AvgIpc) is 2.98. The highest BCUT2D eigenvalue weighted by atomic mass is 35.5. The second kappa shape index (κ2) is 5.07. The number of imidazole rings is 1. The maximum Gasteiger partial charge on any atom is 0.195 e. The fourth-order valence-electron chi connectivity index (χ4n) is 2.52. The fraction of sp³-hybridized carbons (Fsp3) is 0.583. The Balaban J connectivity index is 1.95. The van der Waals surface area contributed by atoms with Gasteiger partial charge in [0.25, 0.3) is 0 Å². The molecule has 3 heterocycles. The number of ether oxygens (including phenoxy) is 1. The number of piperidine rings is 1. The zero-order valence-corrected chi connectivity index (χ0v) is 11.9. The van der Waals surface area contributed by atoms with Crippen LogP contribution in [0.2, 0.25) is 0 Å². The molecule has 0 aromatic carbocycles. The van der Waals surface area contributed by atoms with E-state index in [4.69, 9.17) is 21.3 Å². The Morgan fingerprint density at radius 3 is 3.28 bits per heavy atom. The van der Waals surface area contributed by atoms with Crippen LogP contribution in [0.5, 0.6) is 0 Å². The Kier molecular flexibility index (Phi) is 3.46.